The quantitative estimate of drug-likeness (QED) is 0.269. The molecule has 0 spiro atoms. The first kappa shape index (κ1) is 24.3. The van der Waals surface area contributed by atoms with Crippen molar-refractivity contribution in [1.29, 1.82) is 0 Å². The van der Waals surface area contributed by atoms with Crippen molar-refractivity contribution in [2.45, 2.75) is 33.3 Å². The number of ether oxygens (including phenoxy) is 1. The molecule has 0 atom stereocenters. The molecule has 2 N–H and O–H groups in total. The van der Waals surface area contributed by atoms with Gasteiger partial charge >= 0.3 is 12.1 Å². The van der Waals surface area contributed by atoms with Gasteiger partial charge in [-0.05, 0) is 42.0 Å². The highest BCUT2D eigenvalue weighted by atomic mass is 32.1. The number of carboxylic acids is 1. The Morgan fingerprint density at radius 1 is 1.23 bits per heavy atom. The van der Waals surface area contributed by atoms with Crippen molar-refractivity contribution in [2.75, 3.05) is 5.32 Å². The first-order valence-electron chi connectivity index (χ1n) is 10.9. The highest BCUT2D eigenvalue weighted by Gasteiger charge is 2.23. The minimum absolute atomic E-state index is 0.00880. The first-order valence-corrected chi connectivity index (χ1v) is 11.8. The lowest BCUT2D eigenvalue weighted by atomic mass is 10.1. The molecule has 35 heavy (non-hydrogen) atoms. The maximum atomic E-state index is 13.4. The first-order chi connectivity index (χ1) is 16.6. The molecule has 7 nitrogen and oxygen atoms in total. The average Bonchev–Trinajstić information content (AvgIpc) is 3.43. The highest BCUT2D eigenvalue weighted by molar-refractivity contribution is 7.13. The third-order valence-electron chi connectivity index (χ3n) is 4.93. The van der Waals surface area contributed by atoms with E-state index >= 15 is 0 Å². The number of rotatable bonds is 9. The summed E-state index contributed by atoms with van der Waals surface area (Å²) in [5.74, 6) is -0.288. The second-order valence-electron chi connectivity index (χ2n) is 8.47. The Hall–Kier alpha value is -3.79. The Balaban J connectivity index is 1.69. The molecule has 0 bridgehead atoms. The number of thiophene rings is 1. The van der Waals surface area contributed by atoms with E-state index in [4.69, 9.17) is 4.74 Å². The lowest BCUT2D eigenvalue weighted by Crippen LogP contribution is -2.19. The summed E-state index contributed by atoms with van der Waals surface area (Å²) < 4.78 is 33.0. The number of anilines is 2. The number of halogens is 2. The highest BCUT2D eigenvalue weighted by Crippen LogP contribution is 2.30. The fraction of sp³-hybridized carbons (Fsp3) is 0.240. The van der Waals surface area contributed by atoms with Gasteiger partial charge in [-0.25, -0.2) is 14.5 Å². The van der Waals surface area contributed by atoms with Crippen LogP contribution in [0.15, 0.2) is 60.1 Å². The molecule has 182 valence electrons. The molecule has 0 saturated carbocycles. The van der Waals surface area contributed by atoms with Gasteiger partial charge in [0.05, 0.1) is 5.69 Å². The number of pyridine rings is 1. The summed E-state index contributed by atoms with van der Waals surface area (Å²) in [5, 5.41) is 19.3. The molecule has 3 heterocycles. The number of aromatic carboxylic acids is 1. The zero-order valence-corrected chi connectivity index (χ0v) is 20.1. The van der Waals surface area contributed by atoms with Gasteiger partial charge in [-0.2, -0.15) is 8.78 Å². The average molecular weight is 499 g/mol. The van der Waals surface area contributed by atoms with Crippen LogP contribution < -0.4 is 10.1 Å². The van der Waals surface area contributed by atoms with Gasteiger partial charge in [0.2, 0.25) is 0 Å². The van der Waals surface area contributed by atoms with Gasteiger partial charge < -0.3 is 15.2 Å². The third-order valence-corrected chi connectivity index (χ3v) is 5.85. The lowest BCUT2D eigenvalue weighted by Gasteiger charge is -2.14. The molecule has 0 aliphatic rings. The molecule has 3 aromatic heterocycles. The summed E-state index contributed by atoms with van der Waals surface area (Å²) in [6.45, 7) is 4.78. The van der Waals surface area contributed by atoms with E-state index in [0.717, 1.165) is 10.6 Å². The van der Waals surface area contributed by atoms with Crippen LogP contribution in [0, 0.1) is 5.92 Å². The summed E-state index contributed by atoms with van der Waals surface area (Å²) in [6, 6.07) is 13.4. The number of carbonyl (C=O) groups is 1. The smallest absolute Gasteiger partial charge is 0.394 e. The number of hydrogen-bond donors (Lipinski definition) is 2. The zero-order valence-electron chi connectivity index (χ0n) is 19.3. The second-order valence-corrected chi connectivity index (χ2v) is 9.41. The second kappa shape index (κ2) is 9.83. The third kappa shape index (κ3) is 6.02. The van der Waals surface area contributed by atoms with Gasteiger partial charge in [0, 0.05) is 41.4 Å². The van der Waals surface area contributed by atoms with Crippen molar-refractivity contribution in [3.05, 3.63) is 71.4 Å². The van der Waals surface area contributed by atoms with E-state index in [1.54, 1.807) is 35.1 Å². The molecule has 0 radical (unpaired) electrons. The molecule has 4 rings (SSSR count). The van der Waals surface area contributed by atoms with Gasteiger partial charge in [-0.1, -0.05) is 26.0 Å². The van der Waals surface area contributed by atoms with Crippen LogP contribution in [-0.4, -0.2) is 31.9 Å². The van der Waals surface area contributed by atoms with Crippen LogP contribution >= 0.6 is 11.3 Å². The Kier molecular flexibility index (Phi) is 6.83. The predicted octanol–water partition coefficient (Wildman–Crippen LogP) is 6.63. The van der Waals surface area contributed by atoms with Crippen LogP contribution in [0.2, 0.25) is 0 Å². The van der Waals surface area contributed by atoms with Crippen molar-refractivity contribution in [1.82, 2.24) is 14.8 Å². The molecule has 0 unspecified atom stereocenters. The molecule has 0 fully saturated rings. The van der Waals surface area contributed by atoms with Gasteiger partial charge in [-0.3, -0.25) is 0 Å². The maximum Gasteiger partial charge on any atom is 0.394 e. The van der Waals surface area contributed by atoms with Crippen LogP contribution in [-0.2, 0) is 6.42 Å². The van der Waals surface area contributed by atoms with Crippen LogP contribution in [0.5, 0.6) is 5.75 Å². The number of nitrogens with one attached hydrogen (secondary N) is 1. The number of alkyl halides is 2. The van der Waals surface area contributed by atoms with E-state index in [0.29, 0.717) is 30.4 Å². The minimum atomic E-state index is -3.32. The van der Waals surface area contributed by atoms with Crippen molar-refractivity contribution in [3.8, 4) is 21.9 Å². The number of benzene rings is 1. The van der Waals surface area contributed by atoms with Crippen molar-refractivity contribution in [3.63, 3.8) is 0 Å². The Labute approximate surface area is 205 Å². The van der Waals surface area contributed by atoms with E-state index in [1.165, 1.54) is 23.5 Å². The molecular weight excluding hydrogens is 474 g/mol. The van der Waals surface area contributed by atoms with Crippen molar-refractivity contribution in [2.24, 2.45) is 5.92 Å². The number of carboxylic acid groups (broad SMARTS) is 1. The Morgan fingerprint density at radius 3 is 2.69 bits per heavy atom. The standard InChI is InChI=1S/C25H24F2N4O3S/c1-15(2)10-18-13-22(30-31(18)17-6-4-7-19(12-17)34-25(3,26)27)29-23-20(24(32)33)11-16(14-28-23)21-8-5-9-35-21/h4-9,11-15H,10H2,1-3H3,(H,32,33)(H,28,29,30). The Morgan fingerprint density at radius 2 is 2.03 bits per heavy atom. The van der Waals surface area contributed by atoms with Gasteiger partial charge in [0.1, 0.15) is 17.1 Å². The fourth-order valence-corrected chi connectivity index (χ4v) is 4.29. The molecular formula is C25H24F2N4O3S. The van der Waals surface area contributed by atoms with Crippen molar-refractivity contribution >= 4 is 28.9 Å². The summed E-state index contributed by atoms with van der Waals surface area (Å²) >= 11 is 1.49. The summed E-state index contributed by atoms with van der Waals surface area (Å²) in [6.07, 6.45) is -1.05. The molecule has 0 aliphatic carbocycles. The van der Waals surface area contributed by atoms with E-state index in [1.807, 2.05) is 17.5 Å². The largest absolute Gasteiger partial charge is 0.478 e. The van der Waals surface area contributed by atoms with E-state index in [9.17, 15) is 18.7 Å². The van der Waals surface area contributed by atoms with Gasteiger partial charge in [0.15, 0.2) is 5.82 Å². The topological polar surface area (TPSA) is 89.3 Å². The van der Waals surface area contributed by atoms with Crippen LogP contribution in [0.25, 0.3) is 16.1 Å². The van der Waals surface area contributed by atoms with Crippen LogP contribution in [0.3, 0.4) is 0 Å². The summed E-state index contributed by atoms with van der Waals surface area (Å²) in [7, 11) is 0. The molecule has 0 amide bonds. The summed E-state index contributed by atoms with van der Waals surface area (Å²) in [5.41, 5.74) is 2.07. The fourth-order valence-electron chi connectivity index (χ4n) is 3.58. The lowest BCUT2D eigenvalue weighted by molar-refractivity contribution is -0.158. The number of hydrogen-bond acceptors (Lipinski definition) is 6. The van der Waals surface area contributed by atoms with Crippen LogP contribution in [0.4, 0.5) is 20.4 Å². The molecule has 0 saturated heterocycles. The predicted molar refractivity (Wildman–Crippen MR) is 131 cm³/mol. The number of aromatic nitrogens is 3. The molecule has 10 heteroatoms. The van der Waals surface area contributed by atoms with Gasteiger partial charge in [-0.15, -0.1) is 16.4 Å². The SMILES string of the molecule is CC(C)Cc1cc(Nc2ncc(-c3cccs3)cc2C(=O)O)nn1-c1cccc(OC(C)(F)F)c1. The molecule has 1 aromatic carbocycles. The normalized spacial score (nSPS) is 11.6. The number of nitrogens with zero attached hydrogens (tertiary/aromatic N) is 3. The van der Waals surface area contributed by atoms with E-state index < -0.39 is 12.1 Å². The molecule has 4 aromatic rings. The van der Waals surface area contributed by atoms with Gasteiger partial charge in [0.25, 0.3) is 0 Å². The minimum Gasteiger partial charge on any atom is -0.478 e. The maximum absolute atomic E-state index is 13.4. The van der Waals surface area contributed by atoms with Crippen LogP contribution in [0.1, 0.15) is 36.8 Å². The summed E-state index contributed by atoms with van der Waals surface area (Å²) in [4.78, 5) is 17.2. The van der Waals surface area contributed by atoms with Crippen molar-refractivity contribution < 1.29 is 23.4 Å². The van der Waals surface area contributed by atoms with E-state index in [-0.39, 0.29) is 23.0 Å². The Bertz CT molecular complexity index is 1330. The molecule has 0 aliphatic heterocycles. The van der Waals surface area contributed by atoms with E-state index in [2.05, 4.69) is 29.2 Å². The monoisotopic (exact) mass is 498 g/mol. The zero-order chi connectivity index (χ0) is 25.2.